The molecule has 2 aromatic carbocycles. The summed E-state index contributed by atoms with van der Waals surface area (Å²) in [5.41, 5.74) is 3.76. The first-order valence-electron chi connectivity index (χ1n) is 8.75. The fourth-order valence-electron chi connectivity index (χ4n) is 2.82. The molecule has 2 rings (SSSR count). The molecule has 1 N–H and O–H groups in total. The summed E-state index contributed by atoms with van der Waals surface area (Å²) in [5, 5.41) is 10.3. The molecular weight excluding hydrogens is 298 g/mol. The highest BCUT2D eigenvalue weighted by molar-refractivity contribution is 5.25. The smallest absolute Gasteiger partial charge is 0.0900 e. The van der Waals surface area contributed by atoms with E-state index in [2.05, 4.69) is 43.0 Å². The highest BCUT2D eigenvalue weighted by Crippen LogP contribution is 2.11. The highest BCUT2D eigenvalue weighted by Gasteiger charge is 2.13. The SMILES string of the molecule is CCCN(Cc1ccccc1C)C[C@@H](O)COCc1ccccc1. The molecule has 24 heavy (non-hydrogen) atoms. The van der Waals surface area contributed by atoms with E-state index >= 15 is 0 Å². The van der Waals surface area contributed by atoms with E-state index in [4.69, 9.17) is 4.74 Å². The Hall–Kier alpha value is -1.68. The lowest BCUT2D eigenvalue weighted by molar-refractivity contribution is 0.00854. The minimum absolute atomic E-state index is 0.364. The molecule has 0 heterocycles. The second-order valence-electron chi connectivity index (χ2n) is 6.32. The van der Waals surface area contributed by atoms with Crippen LogP contribution in [0.25, 0.3) is 0 Å². The molecule has 130 valence electrons. The normalized spacial score (nSPS) is 12.5. The van der Waals surface area contributed by atoms with E-state index in [1.807, 2.05) is 30.3 Å². The highest BCUT2D eigenvalue weighted by atomic mass is 16.5. The van der Waals surface area contributed by atoms with E-state index < -0.39 is 6.10 Å². The standard InChI is InChI=1S/C21H29NO2/c1-3-13-22(14-20-12-8-7-9-18(20)2)15-21(23)17-24-16-19-10-5-4-6-11-19/h4-12,21,23H,3,13-17H2,1-2H3/t21-/m1/s1. The zero-order chi connectivity index (χ0) is 17.2. The van der Waals surface area contributed by atoms with Gasteiger partial charge in [0.25, 0.3) is 0 Å². The molecule has 0 fully saturated rings. The molecule has 2 aromatic rings. The van der Waals surface area contributed by atoms with Crippen LogP contribution < -0.4 is 0 Å². The Morgan fingerprint density at radius 1 is 1.04 bits per heavy atom. The molecular formula is C21H29NO2. The molecule has 0 bridgehead atoms. The van der Waals surface area contributed by atoms with Crippen molar-refractivity contribution >= 4 is 0 Å². The maximum atomic E-state index is 10.3. The van der Waals surface area contributed by atoms with E-state index in [0.29, 0.717) is 19.8 Å². The second kappa shape index (κ2) is 10.2. The monoisotopic (exact) mass is 327 g/mol. The number of aryl methyl sites for hydroxylation is 1. The van der Waals surface area contributed by atoms with Crippen molar-refractivity contribution in [2.45, 2.75) is 39.5 Å². The van der Waals surface area contributed by atoms with Gasteiger partial charge in [-0.05, 0) is 36.6 Å². The Labute approximate surface area is 145 Å². The summed E-state index contributed by atoms with van der Waals surface area (Å²) >= 11 is 0. The fraction of sp³-hybridized carbons (Fsp3) is 0.429. The van der Waals surface area contributed by atoms with Gasteiger partial charge in [-0.2, -0.15) is 0 Å². The zero-order valence-electron chi connectivity index (χ0n) is 14.8. The molecule has 0 saturated carbocycles. The molecule has 0 aliphatic heterocycles. The molecule has 3 heteroatoms. The average molecular weight is 327 g/mol. The van der Waals surface area contributed by atoms with Gasteiger partial charge in [0, 0.05) is 13.1 Å². The van der Waals surface area contributed by atoms with Crippen molar-refractivity contribution in [3.8, 4) is 0 Å². The maximum absolute atomic E-state index is 10.3. The minimum Gasteiger partial charge on any atom is -0.389 e. The van der Waals surface area contributed by atoms with Gasteiger partial charge in [0.2, 0.25) is 0 Å². The van der Waals surface area contributed by atoms with Gasteiger partial charge in [-0.15, -0.1) is 0 Å². The van der Waals surface area contributed by atoms with Crippen LogP contribution in [0.4, 0.5) is 0 Å². The number of hydrogen-bond acceptors (Lipinski definition) is 3. The Bertz CT molecular complexity index is 585. The topological polar surface area (TPSA) is 32.7 Å². The summed E-state index contributed by atoms with van der Waals surface area (Å²) in [6, 6.07) is 18.5. The lowest BCUT2D eigenvalue weighted by Gasteiger charge is -2.25. The van der Waals surface area contributed by atoms with E-state index in [0.717, 1.165) is 25.1 Å². The van der Waals surface area contributed by atoms with Gasteiger partial charge >= 0.3 is 0 Å². The Balaban J connectivity index is 1.80. The third-order valence-electron chi connectivity index (χ3n) is 4.09. The first-order chi connectivity index (χ1) is 11.7. The molecule has 0 aliphatic rings. The first kappa shape index (κ1) is 18.7. The largest absolute Gasteiger partial charge is 0.389 e. The lowest BCUT2D eigenvalue weighted by atomic mass is 10.1. The summed E-state index contributed by atoms with van der Waals surface area (Å²) in [6.45, 7) is 7.70. The molecule has 0 saturated heterocycles. The Morgan fingerprint density at radius 2 is 1.75 bits per heavy atom. The predicted octanol–water partition coefficient (Wildman–Crippen LogP) is 3.78. The molecule has 0 unspecified atom stereocenters. The van der Waals surface area contributed by atoms with Gasteiger partial charge in [0.15, 0.2) is 0 Å². The van der Waals surface area contributed by atoms with Crippen LogP contribution in [0.1, 0.15) is 30.0 Å². The number of rotatable bonds is 10. The van der Waals surface area contributed by atoms with Crippen molar-refractivity contribution < 1.29 is 9.84 Å². The third kappa shape index (κ3) is 6.44. The number of aliphatic hydroxyl groups is 1. The zero-order valence-corrected chi connectivity index (χ0v) is 14.8. The number of hydrogen-bond donors (Lipinski definition) is 1. The first-order valence-corrected chi connectivity index (χ1v) is 8.75. The Kier molecular flexibility index (Phi) is 7.96. The molecule has 0 spiro atoms. The van der Waals surface area contributed by atoms with Gasteiger partial charge in [-0.1, -0.05) is 61.5 Å². The van der Waals surface area contributed by atoms with Gasteiger partial charge in [-0.25, -0.2) is 0 Å². The maximum Gasteiger partial charge on any atom is 0.0900 e. The summed E-state index contributed by atoms with van der Waals surface area (Å²) in [4.78, 5) is 2.30. The summed E-state index contributed by atoms with van der Waals surface area (Å²) in [5.74, 6) is 0. The van der Waals surface area contributed by atoms with Crippen LogP contribution in [0.2, 0.25) is 0 Å². The quantitative estimate of drug-likeness (QED) is 0.721. The van der Waals surface area contributed by atoms with Crippen LogP contribution in [0.5, 0.6) is 0 Å². The average Bonchev–Trinajstić information content (AvgIpc) is 2.58. The molecule has 0 amide bonds. The number of aliphatic hydroxyl groups excluding tert-OH is 1. The third-order valence-corrected chi connectivity index (χ3v) is 4.09. The van der Waals surface area contributed by atoms with Crippen LogP contribution in [0.15, 0.2) is 54.6 Å². The minimum atomic E-state index is -0.468. The van der Waals surface area contributed by atoms with Crippen molar-refractivity contribution in [3.63, 3.8) is 0 Å². The molecule has 0 aliphatic carbocycles. The Morgan fingerprint density at radius 3 is 2.46 bits per heavy atom. The van der Waals surface area contributed by atoms with Gasteiger partial charge in [0.1, 0.15) is 0 Å². The van der Waals surface area contributed by atoms with Crippen molar-refractivity contribution in [1.82, 2.24) is 4.90 Å². The van der Waals surface area contributed by atoms with Crippen molar-refractivity contribution in [2.24, 2.45) is 0 Å². The van der Waals surface area contributed by atoms with E-state index in [9.17, 15) is 5.11 Å². The molecule has 1 atom stereocenters. The van der Waals surface area contributed by atoms with E-state index in [-0.39, 0.29) is 0 Å². The van der Waals surface area contributed by atoms with Crippen LogP contribution >= 0.6 is 0 Å². The van der Waals surface area contributed by atoms with Gasteiger partial charge < -0.3 is 9.84 Å². The number of ether oxygens (including phenoxy) is 1. The summed E-state index contributed by atoms with van der Waals surface area (Å²) in [6.07, 6.45) is 0.605. The van der Waals surface area contributed by atoms with Gasteiger partial charge in [-0.3, -0.25) is 4.90 Å². The van der Waals surface area contributed by atoms with E-state index in [1.54, 1.807) is 0 Å². The summed E-state index contributed by atoms with van der Waals surface area (Å²) in [7, 11) is 0. The predicted molar refractivity (Wildman–Crippen MR) is 98.9 cm³/mol. The van der Waals surface area contributed by atoms with Crippen molar-refractivity contribution in [1.29, 1.82) is 0 Å². The van der Waals surface area contributed by atoms with Crippen molar-refractivity contribution in [3.05, 3.63) is 71.3 Å². The summed E-state index contributed by atoms with van der Waals surface area (Å²) < 4.78 is 5.66. The number of benzene rings is 2. The lowest BCUT2D eigenvalue weighted by Crippen LogP contribution is -2.35. The second-order valence-corrected chi connectivity index (χ2v) is 6.32. The molecule has 3 nitrogen and oxygen atoms in total. The van der Waals surface area contributed by atoms with Crippen molar-refractivity contribution in [2.75, 3.05) is 19.7 Å². The molecule has 0 radical (unpaired) electrons. The van der Waals surface area contributed by atoms with Crippen LogP contribution in [-0.4, -0.2) is 35.8 Å². The number of nitrogens with zero attached hydrogens (tertiary/aromatic N) is 1. The van der Waals surface area contributed by atoms with Crippen LogP contribution in [0, 0.1) is 6.92 Å². The molecule has 0 aromatic heterocycles. The van der Waals surface area contributed by atoms with Crippen LogP contribution in [0.3, 0.4) is 0 Å². The fourth-order valence-corrected chi connectivity index (χ4v) is 2.82. The van der Waals surface area contributed by atoms with Crippen LogP contribution in [-0.2, 0) is 17.9 Å². The van der Waals surface area contributed by atoms with Gasteiger partial charge in [0.05, 0.1) is 19.3 Å². The van der Waals surface area contributed by atoms with E-state index in [1.165, 1.54) is 11.1 Å².